The van der Waals surface area contributed by atoms with Crippen LogP contribution in [0.3, 0.4) is 0 Å². The Balaban J connectivity index is 1.29. The van der Waals surface area contributed by atoms with Crippen LogP contribution in [0.4, 0.5) is 16.2 Å². The number of hydrogen-bond donors (Lipinski definition) is 3. The largest absolute Gasteiger partial charge is 0.339 e. The highest BCUT2D eigenvalue weighted by atomic mass is 16.2. The van der Waals surface area contributed by atoms with E-state index in [0.29, 0.717) is 5.69 Å². The van der Waals surface area contributed by atoms with Crippen LogP contribution >= 0.6 is 0 Å². The molecule has 8 nitrogen and oxygen atoms in total. The molecule has 3 N–H and O–H groups in total. The number of aromatic amines is 1. The van der Waals surface area contributed by atoms with Gasteiger partial charge in [-0.3, -0.25) is 4.68 Å². The second-order valence-electron chi connectivity index (χ2n) is 10.5. The maximum Gasteiger partial charge on any atom is 0.323 e. The highest BCUT2D eigenvalue weighted by Gasteiger charge is 2.17. The number of pyridine rings is 1. The lowest BCUT2D eigenvalue weighted by Gasteiger charge is -2.09. The molecule has 6 rings (SSSR count). The maximum absolute atomic E-state index is 12.5. The Morgan fingerprint density at radius 2 is 1.55 bits per heavy atom. The molecule has 0 unspecified atom stereocenters. The number of para-hydroxylation sites is 1. The number of nitrogens with one attached hydrogen (secondary N) is 3. The molecule has 0 spiro atoms. The molecular weight excluding hydrogens is 522 g/mol. The number of urea groups is 1. The van der Waals surface area contributed by atoms with E-state index in [9.17, 15) is 4.79 Å². The number of amides is 2. The zero-order chi connectivity index (χ0) is 29.1. The Morgan fingerprint density at radius 3 is 2.24 bits per heavy atom. The molecule has 0 saturated carbocycles. The first-order chi connectivity index (χ1) is 20.5. The van der Waals surface area contributed by atoms with Crippen molar-refractivity contribution in [3.8, 4) is 33.6 Å². The Bertz CT molecular complexity index is 1820. The number of hydrogen-bond acceptors (Lipinski definition) is 4. The zero-order valence-electron chi connectivity index (χ0n) is 23.9. The number of carbonyl (C=O) groups excluding carboxylic acids is 1. The standard InChI is InChI=1S/C34H33N7O/c1-4-41-22-30(32(39-41)25-14-16-27(17-15-25)37-34(42)36-26-8-6-5-7-9-26)28-18-19-35-33-29(28)20-31(38-33)24-12-10-23(11-13-24)21-40(2)3/h5-20,22H,4,21H2,1-3H3,(H,35,38)(H2,36,37,42). The summed E-state index contributed by atoms with van der Waals surface area (Å²) in [6.07, 6.45) is 3.93. The van der Waals surface area contributed by atoms with E-state index in [-0.39, 0.29) is 6.03 Å². The van der Waals surface area contributed by atoms with Crippen LogP contribution in [0.2, 0.25) is 0 Å². The Kier molecular flexibility index (Phi) is 7.53. The van der Waals surface area contributed by atoms with E-state index >= 15 is 0 Å². The fourth-order valence-corrected chi connectivity index (χ4v) is 5.09. The third kappa shape index (κ3) is 5.80. The number of benzene rings is 3. The van der Waals surface area contributed by atoms with Crippen LogP contribution in [0.25, 0.3) is 44.7 Å². The lowest BCUT2D eigenvalue weighted by atomic mass is 10.00. The molecule has 42 heavy (non-hydrogen) atoms. The number of carbonyl (C=O) groups is 1. The van der Waals surface area contributed by atoms with Crippen LogP contribution in [0.5, 0.6) is 0 Å². The van der Waals surface area contributed by atoms with Gasteiger partial charge in [0, 0.05) is 59.1 Å². The molecule has 0 aliphatic heterocycles. The van der Waals surface area contributed by atoms with Crippen molar-refractivity contribution in [3.05, 3.63) is 109 Å². The molecule has 0 radical (unpaired) electrons. The first-order valence-corrected chi connectivity index (χ1v) is 14.0. The Morgan fingerprint density at radius 1 is 0.857 bits per heavy atom. The Hall–Kier alpha value is -5.21. The van der Waals surface area contributed by atoms with Gasteiger partial charge in [0.25, 0.3) is 0 Å². The predicted molar refractivity (Wildman–Crippen MR) is 170 cm³/mol. The van der Waals surface area contributed by atoms with E-state index in [1.807, 2.05) is 71.5 Å². The molecule has 0 bridgehead atoms. The van der Waals surface area contributed by atoms with Gasteiger partial charge in [-0.2, -0.15) is 5.10 Å². The van der Waals surface area contributed by atoms with E-state index in [2.05, 4.69) is 83.0 Å². The summed E-state index contributed by atoms with van der Waals surface area (Å²) >= 11 is 0. The average molecular weight is 556 g/mol. The normalized spacial score (nSPS) is 11.2. The van der Waals surface area contributed by atoms with Gasteiger partial charge < -0.3 is 20.5 Å². The van der Waals surface area contributed by atoms with Crippen molar-refractivity contribution in [2.24, 2.45) is 0 Å². The first-order valence-electron chi connectivity index (χ1n) is 14.0. The van der Waals surface area contributed by atoms with Gasteiger partial charge in [-0.05, 0) is 74.1 Å². The fourth-order valence-electron chi connectivity index (χ4n) is 5.09. The molecule has 0 atom stereocenters. The molecule has 0 fully saturated rings. The van der Waals surface area contributed by atoms with Gasteiger partial charge >= 0.3 is 6.03 Å². The topological polar surface area (TPSA) is 90.9 Å². The molecule has 3 aromatic carbocycles. The second-order valence-corrected chi connectivity index (χ2v) is 10.5. The van der Waals surface area contributed by atoms with Crippen LogP contribution in [0.1, 0.15) is 12.5 Å². The monoisotopic (exact) mass is 555 g/mol. The molecule has 2 amide bonds. The minimum Gasteiger partial charge on any atom is -0.339 e. The van der Waals surface area contributed by atoms with Gasteiger partial charge in [0.2, 0.25) is 0 Å². The van der Waals surface area contributed by atoms with Crippen molar-refractivity contribution < 1.29 is 4.79 Å². The molecule has 210 valence electrons. The molecule has 0 aliphatic carbocycles. The summed E-state index contributed by atoms with van der Waals surface area (Å²) in [6, 6.07) is 29.7. The molecule has 6 aromatic rings. The van der Waals surface area contributed by atoms with Gasteiger partial charge in [0.15, 0.2) is 0 Å². The molecule has 0 saturated heterocycles. The van der Waals surface area contributed by atoms with E-state index < -0.39 is 0 Å². The van der Waals surface area contributed by atoms with Crippen LogP contribution in [0.15, 0.2) is 103 Å². The van der Waals surface area contributed by atoms with E-state index in [1.165, 1.54) is 5.56 Å². The summed E-state index contributed by atoms with van der Waals surface area (Å²) in [4.78, 5) is 22.8. The van der Waals surface area contributed by atoms with Crippen LogP contribution in [-0.2, 0) is 13.1 Å². The number of nitrogens with zero attached hydrogens (tertiary/aromatic N) is 4. The number of H-pyrrole nitrogens is 1. The van der Waals surface area contributed by atoms with Crippen molar-refractivity contribution in [2.45, 2.75) is 20.0 Å². The summed E-state index contributed by atoms with van der Waals surface area (Å²) in [7, 11) is 4.15. The van der Waals surface area contributed by atoms with Crippen molar-refractivity contribution in [3.63, 3.8) is 0 Å². The fraction of sp³-hybridized carbons (Fsp3) is 0.147. The summed E-state index contributed by atoms with van der Waals surface area (Å²) < 4.78 is 1.95. The molecule has 8 heteroatoms. The zero-order valence-corrected chi connectivity index (χ0v) is 23.9. The van der Waals surface area contributed by atoms with Crippen molar-refractivity contribution in [1.29, 1.82) is 0 Å². The van der Waals surface area contributed by atoms with Gasteiger partial charge in [-0.1, -0.05) is 54.6 Å². The van der Waals surface area contributed by atoms with Crippen LogP contribution in [0, 0.1) is 0 Å². The van der Waals surface area contributed by atoms with Gasteiger partial charge in [-0.25, -0.2) is 9.78 Å². The summed E-state index contributed by atoms with van der Waals surface area (Å²) in [5.74, 6) is 0. The number of fused-ring (bicyclic) bond motifs is 1. The van der Waals surface area contributed by atoms with Crippen LogP contribution < -0.4 is 10.6 Å². The quantitative estimate of drug-likeness (QED) is 0.182. The molecule has 3 aromatic heterocycles. The summed E-state index contributed by atoms with van der Waals surface area (Å²) in [6.45, 7) is 3.73. The second kappa shape index (κ2) is 11.7. The number of anilines is 2. The lowest BCUT2D eigenvalue weighted by Crippen LogP contribution is -2.19. The van der Waals surface area contributed by atoms with E-state index in [4.69, 9.17) is 5.10 Å². The highest BCUT2D eigenvalue weighted by molar-refractivity contribution is 6.01. The number of rotatable bonds is 8. The SMILES string of the molecule is CCn1cc(-c2ccnc3[nH]c(-c4ccc(CN(C)C)cc4)cc23)c(-c2ccc(NC(=O)Nc3ccccc3)cc2)n1. The van der Waals surface area contributed by atoms with Crippen molar-refractivity contribution in [2.75, 3.05) is 24.7 Å². The summed E-state index contributed by atoms with van der Waals surface area (Å²) in [5.41, 5.74) is 9.60. The Labute approximate surface area is 245 Å². The molecule has 3 heterocycles. The number of aromatic nitrogens is 4. The van der Waals surface area contributed by atoms with Crippen LogP contribution in [-0.4, -0.2) is 44.8 Å². The number of aryl methyl sites for hydroxylation is 1. The maximum atomic E-state index is 12.5. The highest BCUT2D eigenvalue weighted by Crippen LogP contribution is 2.37. The first kappa shape index (κ1) is 27.0. The van der Waals surface area contributed by atoms with Gasteiger partial charge in [0.05, 0.1) is 0 Å². The molecule has 0 aliphatic rings. The minimum atomic E-state index is -0.292. The van der Waals surface area contributed by atoms with Crippen molar-refractivity contribution >= 4 is 28.4 Å². The third-order valence-corrected chi connectivity index (χ3v) is 7.12. The van der Waals surface area contributed by atoms with Crippen molar-refractivity contribution in [1.82, 2.24) is 24.6 Å². The molecular formula is C34H33N7O. The lowest BCUT2D eigenvalue weighted by molar-refractivity contribution is 0.262. The third-order valence-electron chi connectivity index (χ3n) is 7.12. The minimum absolute atomic E-state index is 0.292. The predicted octanol–water partition coefficient (Wildman–Crippen LogP) is 7.49. The van der Waals surface area contributed by atoms with Gasteiger partial charge in [0.1, 0.15) is 11.3 Å². The summed E-state index contributed by atoms with van der Waals surface area (Å²) in [5, 5.41) is 11.7. The smallest absolute Gasteiger partial charge is 0.323 e. The van der Waals surface area contributed by atoms with E-state index in [0.717, 1.165) is 63.5 Å². The average Bonchev–Trinajstić information content (AvgIpc) is 3.63. The van der Waals surface area contributed by atoms with Gasteiger partial charge in [-0.15, -0.1) is 0 Å². The van der Waals surface area contributed by atoms with E-state index in [1.54, 1.807) is 0 Å².